The summed E-state index contributed by atoms with van der Waals surface area (Å²) in [4.78, 5) is 30.5. The van der Waals surface area contributed by atoms with Crippen LogP contribution in [0.3, 0.4) is 0 Å². The highest BCUT2D eigenvalue weighted by atomic mass is 32.2. The molecule has 0 unspecified atom stereocenters. The zero-order valence-corrected chi connectivity index (χ0v) is 18.4. The van der Waals surface area contributed by atoms with Crippen LogP contribution in [0, 0.1) is 6.92 Å². The lowest BCUT2D eigenvalue weighted by atomic mass is 10.1. The van der Waals surface area contributed by atoms with Gasteiger partial charge < -0.3 is 14.0 Å². The van der Waals surface area contributed by atoms with Gasteiger partial charge in [0.05, 0.1) is 30.9 Å². The average Bonchev–Trinajstić information content (AvgIpc) is 3.03. The molecule has 29 heavy (non-hydrogen) atoms. The van der Waals surface area contributed by atoms with Gasteiger partial charge in [-0.3, -0.25) is 9.59 Å². The fourth-order valence-corrected chi connectivity index (χ4v) is 4.57. The third-order valence-electron chi connectivity index (χ3n) is 4.40. The first-order valence-corrected chi connectivity index (χ1v) is 10.9. The van der Waals surface area contributed by atoms with E-state index in [1.807, 2.05) is 49.6 Å². The van der Waals surface area contributed by atoms with Crippen LogP contribution >= 0.6 is 23.1 Å². The third kappa shape index (κ3) is 4.89. The second kappa shape index (κ2) is 9.28. The summed E-state index contributed by atoms with van der Waals surface area (Å²) >= 11 is 3.01. The number of rotatable bonds is 6. The summed E-state index contributed by atoms with van der Waals surface area (Å²) in [6, 6.07) is 11.7. The van der Waals surface area contributed by atoms with Gasteiger partial charge in [-0.25, -0.2) is 0 Å². The van der Waals surface area contributed by atoms with Gasteiger partial charge in [-0.05, 0) is 37.4 Å². The predicted octanol–water partition coefficient (Wildman–Crippen LogP) is 3.58. The standard InChI is InChI=1S/C21H22N2O4S2/c1-13-5-8-17(26-2)14(9-13)10-19(24)22-21-23(12-20(25)27-3)16-7-6-15(28-4)11-18(16)29-21/h5-9,11H,10,12H2,1-4H3. The van der Waals surface area contributed by atoms with Crippen molar-refractivity contribution in [3.63, 3.8) is 0 Å². The molecule has 6 nitrogen and oxygen atoms in total. The first-order chi connectivity index (χ1) is 13.9. The van der Waals surface area contributed by atoms with E-state index in [9.17, 15) is 9.59 Å². The lowest BCUT2D eigenvalue weighted by molar-refractivity contribution is -0.141. The number of methoxy groups -OCH3 is 2. The first-order valence-electron chi connectivity index (χ1n) is 8.90. The number of benzene rings is 2. The molecular weight excluding hydrogens is 408 g/mol. The van der Waals surface area contributed by atoms with Crippen molar-refractivity contribution < 1.29 is 19.1 Å². The molecule has 0 saturated heterocycles. The topological polar surface area (TPSA) is 69.9 Å². The Morgan fingerprint density at radius 2 is 1.97 bits per heavy atom. The summed E-state index contributed by atoms with van der Waals surface area (Å²) in [6.45, 7) is 1.96. The number of ether oxygens (including phenoxy) is 2. The zero-order chi connectivity index (χ0) is 21.0. The molecule has 2 aromatic carbocycles. The molecule has 0 aliphatic carbocycles. The highest BCUT2D eigenvalue weighted by molar-refractivity contribution is 7.98. The van der Waals surface area contributed by atoms with Gasteiger partial charge in [0, 0.05) is 10.5 Å². The van der Waals surface area contributed by atoms with Crippen molar-refractivity contribution in [1.29, 1.82) is 0 Å². The van der Waals surface area contributed by atoms with Gasteiger partial charge >= 0.3 is 5.97 Å². The number of carbonyl (C=O) groups excluding carboxylic acids is 2. The SMILES string of the molecule is COC(=O)Cn1c(=NC(=O)Cc2cc(C)ccc2OC)sc2cc(SC)ccc21. The molecular formula is C21H22N2O4S2. The number of aromatic nitrogens is 1. The van der Waals surface area contributed by atoms with Crippen LogP contribution in [-0.2, 0) is 27.3 Å². The highest BCUT2D eigenvalue weighted by Crippen LogP contribution is 2.24. The number of amides is 1. The molecule has 8 heteroatoms. The second-order valence-electron chi connectivity index (χ2n) is 6.38. The van der Waals surface area contributed by atoms with Crippen molar-refractivity contribution in [3.8, 4) is 5.75 Å². The lowest BCUT2D eigenvalue weighted by Crippen LogP contribution is -2.22. The molecule has 1 amide bonds. The van der Waals surface area contributed by atoms with Crippen LogP contribution in [0.4, 0.5) is 0 Å². The Labute approximate surface area is 177 Å². The second-order valence-corrected chi connectivity index (χ2v) is 8.27. The maximum Gasteiger partial charge on any atom is 0.325 e. The fraction of sp³-hybridized carbons (Fsp3) is 0.286. The number of thioether (sulfide) groups is 1. The molecule has 0 radical (unpaired) electrons. The van der Waals surface area contributed by atoms with Crippen LogP contribution in [-0.4, -0.2) is 36.9 Å². The van der Waals surface area contributed by atoms with Crippen molar-refractivity contribution in [2.24, 2.45) is 4.99 Å². The Morgan fingerprint density at radius 3 is 2.66 bits per heavy atom. The van der Waals surface area contributed by atoms with Crippen molar-refractivity contribution >= 4 is 45.2 Å². The minimum atomic E-state index is -0.395. The smallest absolute Gasteiger partial charge is 0.325 e. The van der Waals surface area contributed by atoms with Gasteiger partial charge in [-0.2, -0.15) is 4.99 Å². The van der Waals surface area contributed by atoms with Crippen LogP contribution in [0.1, 0.15) is 11.1 Å². The Bertz CT molecular complexity index is 1130. The summed E-state index contributed by atoms with van der Waals surface area (Å²) in [6.07, 6.45) is 2.12. The van der Waals surface area contributed by atoms with E-state index < -0.39 is 5.97 Å². The Balaban J connectivity index is 2.03. The predicted molar refractivity (Wildman–Crippen MR) is 116 cm³/mol. The van der Waals surface area contributed by atoms with Gasteiger partial charge in [0.1, 0.15) is 12.3 Å². The monoisotopic (exact) mass is 430 g/mol. The molecule has 152 valence electrons. The molecule has 0 aliphatic heterocycles. The van der Waals surface area contributed by atoms with E-state index in [0.29, 0.717) is 10.6 Å². The van der Waals surface area contributed by atoms with Crippen LogP contribution < -0.4 is 9.54 Å². The van der Waals surface area contributed by atoms with Crippen LogP contribution in [0.15, 0.2) is 46.3 Å². The number of hydrogen-bond donors (Lipinski definition) is 0. The van der Waals surface area contributed by atoms with Crippen LogP contribution in [0.25, 0.3) is 10.2 Å². The number of carbonyl (C=O) groups is 2. The summed E-state index contributed by atoms with van der Waals surface area (Å²) in [5.74, 6) is -0.0420. The minimum absolute atomic E-state index is 0.00497. The van der Waals surface area contributed by atoms with E-state index >= 15 is 0 Å². The summed E-state index contributed by atoms with van der Waals surface area (Å²) in [7, 11) is 2.92. The number of aryl methyl sites for hydroxylation is 1. The van der Waals surface area contributed by atoms with Crippen molar-refractivity contribution in [3.05, 3.63) is 52.3 Å². The largest absolute Gasteiger partial charge is 0.496 e. The zero-order valence-electron chi connectivity index (χ0n) is 16.7. The third-order valence-corrected chi connectivity index (χ3v) is 6.17. The first kappa shape index (κ1) is 21.1. The molecule has 0 saturated carbocycles. The molecule has 0 N–H and O–H groups in total. The van der Waals surface area contributed by atoms with E-state index in [1.54, 1.807) is 23.4 Å². The molecule has 1 aromatic heterocycles. The molecule has 0 bridgehead atoms. The van der Waals surface area contributed by atoms with Crippen molar-refractivity contribution in [2.45, 2.75) is 24.8 Å². The minimum Gasteiger partial charge on any atom is -0.496 e. The number of esters is 1. The molecule has 3 aromatic rings. The number of hydrogen-bond acceptors (Lipinski definition) is 6. The van der Waals surface area contributed by atoms with Gasteiger partial charge in [-0.1, -0.05) is 29.0 Å². The average molecular weight is 431 g/mol. The van der Waals surface area contributed by atoms with E-state index in [1.165, 1.54) is 18.4 Å². The van der Waals surface area contributed by atoms with E-state index in [2.05, 4.69) is 4.99 Å². The lowest BCUT2D eigenvalue weighted by Gasteiger charge is -2.07. The summed E-state index contributed by atoms with van der Waals surface area (Å²) in [5.41, 5.74) is 2.67. The Hall–Kier alpha value is -2.58. The van der Waals surface area contributed by atoms with Crippen molar-refractivity contribution in [2.75, 3.05) is 20.5 Å². The van der Waals surface area contributed by atoms with Gasteiger partial charge in [0.25, 0.3) is 5.91 Å². The summed E-state index contributed by atoms with van der Waals surface area (Å²) in [5, 5.41) is 0. The molecule has 0 fully saturated rings. The quantitative estimate of drug-likeness (QED) is 0.442. The molecule has 1 heterocycles. The Morgan fingerprint density at radius 1 is 1.17 bits per heavy atom. The van der Waals surface area contributed by atoms with Crippen LogP contribution in [0.5, 0.6) is 5.75 Å². The number of thiazole rings is 1. The Kier molecular flexibility index (Phi) is 6.76. The molecule has 0 spiro atoms. The van der Waals surface area contributed by atoms with Gasteiger partial charge in [0.15, 0.2) is 4.80 Å². The molecule has 0 atom stereocenters. The van der Waals surface area contributed by atoms with E-state index in [-0.39, 0.29) is 18.9 Å². The number of fused-ring (bicyclic) bond motifs is 1. The molecule has 0 aliphatic rings. The maximum atomic E-state index is 12.7. The normalized spacial score (nSPS) is 11.7. The van der Waals surface area contributed by atoms with E-state index in [0.717, 1.165) is 26.2 Å². The number of nitrogens with zero attached hydrogens (tertiary/aromatic N) is 2. The fourth-order valence-electron chi connectivity index (χ4n) is 2.97. The highest BCUT2D eigenvalue weighted by Gasteiger charge is 2.14. The van der Waals surface area contributed by atoms with E-state index in [4.69, 9.17) is 9.47 Å². The summed E-state index contributed by atoms with van der Waals surface area (Å²) < 4.78 is 12.9. The van der Waals surface area contributed by atoms with Crippen LogP contribution in [0.2, 0.25) is 0 Å². The van der Waals surface area contributed by atoms with Crippen molar-refractivity contribution in [1.82, 2.24) is 4.57 Å². The molecule has 3 rings (SSSR count). The van der Waals surface area contributed by atoms with Gasteiger partial charge in [-0.15, -0.1) is 11.8 Å². The maximum absolute atomic E-state index is 12.7. The van der Waals surface area contributed by atoms with Gasteiger partial charge in [0.2, 0.25) is 0 Å².